The van der Waals surface area contributed by atoms with E-state index >= 15 is 0 Å². The van der Waals surface area contributed by atoms with Gasteiger partial charge in [0.05, 0.1) is 18.3 Å². The number of carbonyl (C=O) groups excluding carboxylic acids is 1. The van der Waals surface area contributed by atoms with E-state index in [1.807, 2.05) is 24.3 Å². The van der Waals surface area contributed by atoms with Gasteiger partial charge in [0.15, 0.2) is 0 Å². The van der Waals surface area contributed by atoms with Crippen LogP contribution in [0.15, 0.2) is 29.3 Å². The molecule has 2 N–H and O–H groups in total. The molecule has 0 aromatic heterocycles. The topological polar surface area (TPSA) is 64.7 Å². The van der Waals surface area contributed by atoms with Crippen LogP contribution in [0.25, 0.3) is 0 Å². The molecular weight excluding hydrogens is 204 g/mol. The molecule has 0 radical (unpaired) electrons. The van der Waals surface area contributed by atoms with Gasteiger partial charge in [0.25, 0.3) is 0 Å². The SMILES string of the molecule is COC(=O)CCC1(N)C=Nc2ccccc21. The molecule has 1 heterocycles. The van der Waals surface area contributed by atoms with Gasteiger partial charge in [-0.1, -0.05) is 18.2 Å². The van der Waals surface area contributed by atoms with Crippen LogP contribution in [0.4, 0.5) is 5.69 Å². The zero-order valence-corrected chi connectivity index (χ0v) is 9.14. The molecular formula is C12H14N2O2. The summed E-state index contributed by atoms with van der Waals surface area (Å²) < 4.78 is 4.60. The van der Waals surface area contributed by atoms with Crippen LogP contribution in [0.1, 0.15) is 18.4 Å². The minimum atomic E-state index is -0.634. The highest BCUT2D eigenvalue weighted by Crippen LogP contribution is 2.35. The van der Waals surface area contributed by atoms with E-state index in [1.165, 1.54) is 7.11 Å². The van der Waals surface area contributed by atoms with Crippen LogP contribution in [0, 0.1) is 0 Å². The molecule has 4 heteroatoms. The zero-order valence-electron chi connectivity index (χ0n) is 9.14. The monoisotopic (exact) mass is 218 g/mol. The fourth-order valence-corrected chi connectivity index (χ4v) is 1.84. The Hall–Kier alpha value is -1.68. The van der Waals surface area contributed by atoms with Gasteiger partial charge in [-0.2, -0.15) is 0 Å². The predicted octanol–water partition coefficient (Wildman–Crippen LogP) is 1.51. The summed E-state index contributed by atoms with van der Waals surface area (Å²) in [7, 11) is 1.38. The van der Waals surface area contributed by atoms with Gasteiger partial charge in [-0.3, -0.25) is 9.79 Å². The number of para-hydroxylation sites is 1. The highest BCUT2D eigenvalue weighted by molar-refractivity contribution is 5.85. The van der Waals surface area contributed by atoms with Gasteiger partial charge in [-0.05, 0) is 12.5 Å². The van der Waals surface area contributed by atoms with Crippen LogP contribution in [-0.4, -0.2) is 19.3 Å². The van der Waals surface area contributed by atoms with Crippen molar-refractivity contribution in [1.29, 1.82) is 0 Å². The molecule has 0 saturated carbocycles. The molecule has 1 aliphatic rings. The van der Waals surface area contributed by atoms with Crippen molar-refractivity contribution in [2.24, 2.45) is 10.7 Å². The number of fused-ring (bicyclic) bond motifs is 1. The van der Waals surface area contributed by atoms with Crippen molar-refractivity contribution >= 4 is 17.9 Å². The number of methoxy groups -OCH3 is 1. The van der Waals surface area contributed by atoms with Gasteiger partial charge < -0.3 is 10.5 Å². The minimum absolute atomic E-state index is 0.248. The Bertz CT molecular complexity index is 442. The number of carbonyl (C=O) groups is 1. The van der Waals surface area contributed by atoms with Crippen molar-refractivity contribution in [3.8, 4) is 0 Å². The fourth-order valence-electron chi connectivity index (χ4n) is 1.84. The average molecular weight is 218 g/mol. The Morgan fingerprint density at radius 2 is 2.25 bits per heavy atom. The highest BCUT2D eigenvalue weighted by Gasteiger charge is 2.32. The summed E-state index contributed by atoms with van der Waals surface area (Å²) in [6.07, 6.45) is 2.52. The van der Waals surface area contributed by atoms with Gasteiger partial charge in [0, 0.05) is 18.2 Å². The molecule has 1 atom stereocenters. The molecule has 1 aromatic rings. The van der Waals surface area contributed by atoms with Gasteiger partial charge in [0.2, 0.25) is 0 Å². The van der Waals surface area contributed by atoms with E-state index in [1.54, 1.807) is 6.21 Å². The lowest BCUT2D eigenvalue weighted by Crippen LogP contribution is -2.37. The largest absolute Gasteiger partial charge is 0.469 e. The van der Waals surface area contributed by atoms with Crippen LogP contribution in [-0.2, 0) is 15.1 Å². The first-order valence-corrected chi connectivity index (χ1v) is 5.16. The van der Waals surface area contributed by atoms with E-state index in [9.17, 15) is 4.79 Å². The quantitative estimate of drug-likeness (QED) is 0.782. The third-order valence-corrected chi connectivity index (χ3v) is 2.81. The first kappa shape index (κ1) is 10.8. The molecule has 1 aromatic carbocycles. The van der Waals surface area contributed by atoms with E-state index in [-0.39, 0.29) is 5.97 Å². The minimum Gasteiger partial charge on any atom is -0.469 e. The number of hydrogen-bond donors (Lipinski definition) is 1. The molecule has 0 aliphatic carbocycles. The average Bonchev–Trinajstić information content (AvgIpc) is 2.66. The molecule has 4 nitrogen and oxygen atoms in total. The van der Waals surface area contributed by atoms with Crippen molar-refractivity contribution in [3.63, 3.8) is 0 Å². The van der Waals surface area contributed by atoms with Gasteiger partial charge in [-0.25, -0.2) is 0 Å². The van der Waals surface area contributed by atoms with Crippen LogP contribution < -0.4 is 5.73 Å². The zero-order chi connectivity index (χ0) is 11.6. The first-order valence-electron chi connectivity index (χ1n) is 5.16. The lowest BCUT2D eigenvalue weighted by Gasteiger charge is -2.21. The number of ether oxygens (including phenoxy) is 1. The van der Waals surface area contributed by atoms with Crippen LogP contribution in [0.3, 0.4) is 0 Å². The molecule has 0 amide bonds. The second kappa shape index (κ2) is 4.06. The van der Waals surface area contributed by atoms with E-state index in [4.69, 9.17) is 5.73 Å². The van der Waals surface area contributed by atoms with Crippen molar-refractivity contribution < 1.29 is 9.53 Å². The Morgan fingerprint density at radius 1 is 1.50 bits per heavy atom. The summed E-state index contributed by atoms with van der Waals surface area (Å²) in [6, 6.07) is 7.70. The van der Waals surface area contributed by atoms with Crippen LogP contribution >= 0.6 is 0 Å². The maximum atomic E-state index is 11.1. The number of nitrogens with two attached hydrogens (primary N) is 1. The highest BCUT2D eigenvalue weighted by atomic mass is 16.5. The fraction of sp³-hybridized carbons (Fsp3) is 0.333. The Morgan fingerprint density at radius 3 is 3.00 bits per heavy atom. The van der Waals surface area contributed by atoms with Crippen molar-refractivity contribution in [3.05, 3.63) is 29.8 Å². The number of rotatable bonds is 3. The number of hydrogen-bond acceptors (Lipinski definition) is 4. The number of esters is 1. The van der Waals surface area contributed by atoms with E-state index in [0.717, 1.165) is 11.3 Å². The lowest BCUT2D eigenvalue weighted by atomic mass is 9.88. The number of nitrogens with zero attached hydrogens (tertiary/aromatic N) is 1. The summed E-state index contributed by atoms with van der Waals surface area (Å²) in [5.74, 6) is -0.248. The van der Waals surface area contributed by atoms with Crippen LogP contribution in [0.5, 0.6) is 0 Å². The van der Waals surface area contributed by atoms with E-state index < -0.39 is 5.54 Å². The lowest BCUT2D eigenvalue weighted by molar-refractivity contribution is -0.140. The van der Waals surface area contributed by atoms with Gasteiger partial charge in [-0.15, -0.1) is 0 Å². The van der Waals surface area contributed by atoms with E-state index in [0.29, 0.717) is 12.8 Å². The predicted molar refractivity (Wildman–Crippen MR) is 61.7 cm³/mol. The van der Waals surface area contributed by atoms with Crippen molar-refractivity contribution in [2.75, 3.05) is 7.11 Å². The summed E-state index contributed by atoms with van der Waals surface area (Å²) in [4.78, 5) is 15.4. The normalized spacial score (nSPS) is 21.9. The number of benzene rings is 1. The number of aliphatic imine (C=N–C) groups is 1. The Kier molecular flexibility index (Phi) is 2.75. The molecule has 0 fully saturated rings. The van der Waals surface area contributed by atoms with Gasteiger partial charge >= 0.3 is 5.97 Å². The third-order valence-electron chi connectivity index (χ3n) is 2.81. The van der Waals surface area contributed by atoms with Crippen LogP contribution in [0.2, 0.25) is 0 Å². The maximum Gasteiger partial charge on any atom is 0.305 e. The second-order valence-electron chi connectivity index (χ2n) is 3.89. The molecule has 0 spiro atoms. The summed E-state index contributed by atoms with van der Waals surface area (Å²) in [5, 5.41) is 0. The molecule has 2 rings (SSSR count). The summed E-state index contributed by atoms with van der Waals surface area (Å²) >= 11 is 0. The summed E-state index contributed by atoms with van der Waals surface area (Å²) in [5.41, 5.74) is 7.44. The molecule has 1 unspecified atom stereocenters. The molecule has 0 saturated heterocycles. The summed E-state index contributed by atoms with van der Waals surface area (Å²) in [6.45, 7) is 0. The Balaban J connectivity index is 2.16. The molecule has 1 aliphatic heterocycles. The smallest absolute Gasteiger partial charge is 0.305 e. The van der Waals surface area contributed by atoms with Gasteiger partial charge in [0.1, 0.15) is 0 Å². The molecule has 16 heavy (non-hydrogen) atoms. The van der Waals surface area contributed by atoms with Crippen molar-refractivity contribution in [2.45, 2.75) is 18.4 Å². The Labute approximate surface area is 94.1 Å². The second-order valence-corrected chi connectivity index (χ2v) is 3.89. The third kappa shape index (κ3) is 1.84. The molecule has 0 bridgehead atoms. The van der Waals surface area contributed by atoms with E-state index in [2.05, 4.69) is 9.73 Å². The first-order chi connectivity index (χ1) is 7.65. The molecule has 84 valence electrons. The maximum absolute atomic E-state index is 11.1. The van der Waals surface area contributed by atoms with Crippen molar-refractivity contribution in [1.82, 2.24) is 0 Å². The standard InChI is InChI=1S/C12H14N2O2/c1-16-11(15)6-7-12(13)8-14-10-5-3-2-4-9(10)12/h2-5,8H,6-7,13H2,1H3.